The predicted molar refractivity (Wildman–Crippen MR) is 84.4 cm³/mol. The van der Waals surface area contributed by atoms with Crippen LogP contribution in [-0.2, 0) is 4.79 Å². The first-order valence-corrected chi connectivity index (χ1v) is 7.67. The molecule has 1 N–H and O–H groups in total. The molecule has 0 aromatic heterocycles. The van der Waals surface area contributed by atoms with Gasteiger partial charge in [-0.2, -0.15) is 0 Å². The zero-order chi connectivity index (χ0) is 15.5. The van der Waals surface area contributed by atoms with E-state index in [1.54, 1.807) is 0 Å². The van der Waals surface area contributed by atoms with Gasteiger partial charge >= 0.3 is 0 Å². The minimum atomic E-state index is -0.185. The number of benzene rings is 1. The monoisotopic (exact) mass is 290 g/mol. The van der Waals surface area contributed by atoms with Crippen molar-refractivity contribution >= 4 is 5.91 Å². The number of rotatable bonds is 5. The van der Waals surface area contributed by atoms with E-state index < -0.39 is 0 Å². The number of nitrogens with zero attached hydrogens (tertiary/aromatic N) is 1. The van der Waals surface area contributed by atoms with Gasteiger partial charge in [0.15, 0.2) is 0 Å². The minimum absolute atomic E-state index is 0.0557. The number of nitrogens with one attached hydrogen (secondary N) is 1. The molecule has 1 fully saturated rings. The SMILES string of the molecule is CC[C@@H](C(=O)NC(C)(C)C)N1CC(Oc2ccccc2)C1. The molecule has 0 saturated carbocycles. The third-order valence-corrected chi connectivity index (χ3v) is 3.55. The summed E-state index contributed by atoms with van der Waals surface area (Å²) in [5.41, 5.74) is -0.185. The summed E-state index contributed by atoms with van der Waals surface area (Å²) in [7, 11) is 0. The van der Waals surface area contributed by atoms with Gasteiger partial charge in [0.05, 0.1) is 6.04 Å². The summed E-state index contributed by atoms with van der Waals surface area (Å²) in [5.74, 6) is 1.01. The lowest BCUT2D eigenvalue weighted by atomic mass is 10.0. The molecule has 1 amide bonds. The molecule has 1 atom stereocenters. The van der Waals surface area contributed by atoms with Crippen molar-refractivity contribution < 1.29 is 9.53 Å². The minimum Gasteiger partial charge on any atom is -0.488 e. The molecular formula is C17H26N2O2. The topological polar surface area (TPSA) is 41.6 Å². The van der Waals surface area contributed by atoms with Crippen LogP contribution in [0.5, 0.6) is 5.75 Å². The fourth-order valence-electron chi connectivity index (χ4n) is 2.55. The number of ether oxygens (including phenoxy) is 1. The van der Waals surface area contributed by atoms with Gasteiger partial charge in [-0.3, -0.25) is 9.69 Å². The maximum Gasteiger partial charge on any atom is 0.237 e. The van der Waals surface area contributed by atoms with Crippen molar-refractivity contribution in [2.75, 3.05) is 13.1 Å². The van der Waals surface area contributed by atoms with Crippen LogP contribution in [0.15, 0.2) is 30.3 Å². The number of amides is 1. The molecule has 0 bridgehead atoms. The van der Waals surface area contributed by atoms with E-state index in [2.05, 4.69) is 17.1 Å². The van der Waals surface area contributed by atoms with Crippen LogP contribution in [0, 0.1) is 0 Å². The maximum atomic E-state index is 12.3. The number of carbonyl (C=O) groups is 1. The van der Waals surface area contributed by atoms with Crippen LogP contribution in [0.3, 0.4) is 0 Å². The lowest BCUT2D eigenvalue weighted by molar-refractivity contribution is -0.132. The fraction of sp³-hybridized carbons (Fsp3) is 0.588. The van der Waals surface area contributed by atoms with E-state index >= 15 is 0 Å². The number of hydrogen-bond donors (Lipinski definition) is 1. The third-order valence-electron chi connectivity index (χ3n) is 3.55. The molecule has 1 aromatic carbocycles. The van der Waals surface area contributed by atoms with Crippen molar-refractivity contribution in [2.24, 2.45) is 0 Å². The van der Waals surface area contributed by atoms with Gasteiger partial charge in [0, 0.05) is 18.6 Å². The highest BCUT2D eigenvalue weighted by Gasteiger charge is 2.37. The van der Waals surface area contributed by atoms with Gasteiger partial charge in [0.2, 0.25) is 5.91 Å². The van der Waals surface area contributed by atoms with Gasteiger partial charge in [-0.15, -0.1) is 0 Å². The molecule has 0 radical (unpaired) electrons. The summed E-state index contributed by atoms with van der Waals surface area (Å²) in [6.07, 6.45) is 1.00. The van der Waals surface area contributed by atoms with Gasteiger partial charge < -0.3 is 10.1 Å². The van der Waals surface area contributed by atoms with Crippen molar-refractivity contribution in [3.8, 4) is 5.75 Å². The molecule has 1 heterocycles. The molecule has 0 spiro atoms. The molecule has 1 aromatic rings. The summed E-state index contributed by atoms with van der Waals surface area (Å²) in [5, 5.41) is 3.06. The highest BCUT2D eigenvalue weighted by molar-refractivity contribution is 5.82. The van der Waals surface area contributed by atoms with Crippen LogP contribution < -0.4 is 10.1 Å². The van der Waals surface area contributed by atoms with Crippen molar-refractivity contribution in [2.45, 2.75) is 51.8 Å². The first-order chi connectivity index (χ1) is 9.89. The van der Waals surface area contributed by atoms with Gasteiger partial charge in [-0.05, 0) is 39.3 Å². The van der Waals surface area contributed by atoms with Crippen LogP contribution in [0.1, 0.15) is 34.1 Å². The van der Waals surface area contributed by atoms with Crippen LogP contribution in [-0.4, -0.2) is 41.6 Å². The molecule has 1 saturated heterocycles. The summed E-state index contributed by atoms with van der Waals surface area (Å²) in [4.78, 5) is 14.5. The van der Waals surface area contributed by atoms with E-state index in [-0.39, 0.29) is 23.6 Å². The molecule has 1 aliphatic heterocycles. The average molecular weight is 290 g/mol. The Hall–Kier alpha value is -1.55. The zero-order valence-corrected chi connectivity index (χ0v) is 13.4. The quantitative estimate of drug-likeness (QED) is 0.905. The van der Waals surface area contributed by atoms with E-state index in [1.807, 2.05) is 51.1 Å². The highest BCUT2D eigenvalue weighted by atomic mass is 16.5. The standard InChI is InChI=1S/C17H26N2O2/c1-5-15(16(20)18-17(2,3)4)19-11-14(12-19)21-13-9-7-6-8-10-13/h6-10,14-15H,5,11-12H2,1-4H3,(H,18,20)/t15-/m0/s1. The predicted octanol–water partition coefficient (Wildman–Crippen LogP) is 2.44. The Balaban J connectivity index is 1.83. The largest absolute Gasteiger partial charge is 0.488 e. The molecular weight excluding hydrogens is 264 g/mol. The highest BCUT2D eigenvalue weighted by Crippen LogP contribution is 2.21. The second-order valence-corrected chi connectivity index (χ2v) is 6.67. The molecule has 0 aliphatic carbocycles. The Morgan fingerprint density at radius 1 is 1.33 bits per heavy atom. The Labute approximate surface area is 127 Å². The van der Waals surface area contributed by atoms with Crippen molar-refractivity contribution in [1.82, 2.24) is 10.2 Å². The molecule has 4 nitrogen and oxygen atoms in total. The van der Waals surface area contributed by atoms with Crippen molar-refractivity contribution in [3.05, 3.63) is 30.3 Å². The first kappa shape index (κ1) is 15.8. The molecule has 0 unspecified atom stereocenters. The molecule has 21 heavy (non-hydrogen) atoms. The molecule has 1 aliphatic rings. The Morgan fingerprint density at radius 3 is 2.48 bits per heavy atom. The lowest BCUT2D eigenvalue weighted by Crippen LogP contribution is -2.62. The average Bonchev–Trinajstić information content (AvgIpc) is 2.35. The van der Waals surface area contributed by atoms with Crippen molar-refractivity contribution in [3.63, 3.8) is 0 Å². The second-order valence-electron chi connectivity index (χ2n) is 6.67. The van der Waals surface area contributed by atoms with Gasteiger partial charge in [-0.25, -0.2) is 0 Å². The normalized spacial score (nSPS) is 17.9. The molecule has 4 heteroatoms. The Bertz CT molecular complexity index is 461. The van der Waals surface area contributed by atoms with Gasteiger partial charge in [0.25, 0.3) is 0 Å². The van der Waals surface area contributed by atoms with Crippen LogP contribution in [0.25, 0.3) is 0 Å². The van der Waals surface area contributed by atoms with E-state index in [0.29, 0.717) is 0 Å². The number of carbonyl (C=O) groups excluding carboxylic acids is 1. The van der Waals surface area contributed by atoms with Crippen LogP contribution in [0.2, 0.25) is 0 Å². The summed E-state index contributed by atoms with van der Waals surface area (Å²) in [6, 6.07) is 9.79. The number of para-hydroxylation sites is 1. The van der Waals surface area contributed by atoms with E-state index in [0.717, 1.165) is 25.3 Å². The maximum absolute atomic E-state index is 12.3. The Morgan fingerprint density at radius 2 is 1.95 bits per heavy atom. The molecule has 116 valence electrons. The Kier molecular flexibility index (Phi) is 4.88. The lowest BCUT2D eigenvalue weighted by Gasteiger charge is -2.43. The third kappa shape index (κ3) is 4.46. The smallest absolute Gasteiger partial charge is 0.237 e. The molecule has 2 rings (SSSR count). The van der Waals surface area contributed by atoms with Crippen molar-refractivity contribution in [1.29, 1.82) is 0 Å². The zero-order valence-electron chi connectivity index (χ0n) is 13.4. The van der Waals surface area contributed by atoms with E-state index in [4.69, 9.17) is 4.74 Å². The van der Waals surface area contributed by atoms with Gasteiger partial charge in [0.1, 0.15) is 11.9 Å². The second kappa shape index (κ2) is 6.48. The van der Waals surface area contributed by atoms with Crippen LogP contribution >= 0.6 is 0 Å². The van der Waals surface area contributed by atoms with Crippen LogP contribution in [0.4, 0.5) is 0 Å². The summed E-state index contributed by atoms with van der Waals surface area (Å²) < 4.78 is 5.88. The fourth-order valence-corrected chi connectivity index (χ4v) is 2.55. The number of hydrogen-bond acceptors (Lipinski definition) is 3. The number of likely N-dealkylation sites (tertiary alicyclic amines) is 1. The summed E-state index contributed by atoms with van der Waals surface area (Å²) in [6.45, 7) is 9.70. The van der Waals surface area contributed by atoms with E-state index in [1.165, 1.54) is 0 Å². The first-order valence-electron chi connectivity index (χ1n) is 7.67. The van der Waals surface area contributed by atoms with Gasteiger partial charge in [-0.1, -0.05) is 25.1 Å². The van der Waals surface area contributed by atoms with E-state index in [9.17, 15) is 4.79 Å². The summed E-state index contributed by atoms with van der Waals surface area (Å²) >= 11 is 0.